The Bertz CT molecular complexity index is 828. The van der Waals surface area contributed by atoms with Gasteiger partial charge in [-0.15, -0.1) is 0 Å². The molecule has 25 heavy (non-hydrogen) atoms. The summed E-state index contributed by atoms with van der Waals surface area (Å²) >= 11 is 0. The van der Waals surface area contributed by atoms with Gasteiger partial charge < -0.3 is 10.1 Å². The molecule has 0 aromatic heterocycles. The zero-order chi connectivity index (χ0) is 18.4. The van der Waals surface area contributed by atoms with Gasteiger partial charge in [0.25, 0.3) is 0 Å². The van der Waals surface area contributed by atoms with E-state index in [1.165, 1.54) is 30.3 Å². The van der Waals surface area contributed by atoms with E-state index in [1.54, 1.807) is 25.1 Å². The van der Waals surface area contributed by atoms with E-state index in [0.29, 0.717) is 12.1 Å². The summed E-state index contributed by atoms with van der Waals surface area (Å²) < 4.78 is 5.14. The summed E-state index contributed by atoms with van der Waals surface area (Å²) in [6.07, 6.45) is 1.17. The molecular formula is C18H16N2O5. The third-order valence-corrected chi connectivity index (χ3v) is 3.36. The molecule has 1 amide bonds. The van der Waals surface area contributed by atoms with E-state index in [4.69, 9.17) is 4.74 Å². The lowest BCUT2D eigenvalue weighted by Crippen LogP contribution is -2.20. The number of carbonyl (C=O) groups is 2. The Labute approximate surface area is 144 Å². The van der Waals surface area contributed by atoms with E-state index in [-0.39, 0.29) is 22.9 Å². The molecule has 0 saturated heterocycles. The number of amides is 1. The van der Waals surface area contributed by atoms with Gasteiger partial charge in [-0.1, -0.05) is 24.8 Å². The van der Waals surface area contributed by atoms with Crippen LogP contribution in [0.1, 0.15) is 21.5 Å². The van der Waals surface area contributed by atoms with Crippen LogP contribution in [0.5, 0.6) is 5.75 Å². The molecule has 2 aromatic rings. The zero-order valence-electron chi connectivity index (χ0n) is 13.5. The van der Waals surface area contributed by atoms with Crippen LogP contribution >= 0.6 is 0 Å². The number of hydrogen-bond donors (Lipinski definition) is 1. The number of rotatable bonds is 6. The number of carbonyl (C=O) groups excluding carboxylic acids is 2. The lowest BCUT2D eigenvalue weighted by molar-refractivity contribution is -0.385. The number of esters is 1. The first kappa shape index (κ1) is 17.9. The average Bonchev–Trinajstić information content (AvgIpc) is 2.61. The third-order valence-electron chi connectivity index (χ3n) is 3.36. The Morgan fingerprint density at radius 1 is 1.24 bits per heavy atom. The minimum absolute atomic E-state index is 0.108. The number of nitrogens with zero attached hydrogens (tertiary/aromatic N) is 1. The molecule has 7 heteroatoms. The van der Waals surface area contributed by atoms with Gasteiger partial charge in [0.05, 0.1) is 10.5 Å². The smallest absolute Gasteiger partial charge is 0.343 e. The summed E-state index contributed by atoms with van der Waals surface area (Å²) in [4.78, 5) is 33.8. The standard InChI is InChI=1S/C18H16N2O5/c1-3-17(21)19-11-13-5-7-14(8-6-13)18(22)25-16-9-4-12(2)10-15(16)20(23)24/h3-10H,1,11H2,2H3,(H,19,21). The molecule has 7 nitrogen and oxygen atoms in total. The lowest BCUT2D eigenvalue weighted by Gasteiger charge is -2.07. The van der Waals surface area contributed by atoms with Crippen molar-refractivity contribution in [3.63, 3.8) is 0 Å². The molecule has 0 radical (unpaired) electrons. The van der Waals surface area contributed by atoms with Gasteiger partial charge in [0.2, 0.25) is 11.7 Å². The maximum Gasteiger partial charge on any atom is 0.343 e. The second kappa shape index (κ2) is 7.87. The highest BCUT2D eigenvalue weighted by Crippen LogP contribution is 2.28. The van der Waals surface area contributed by atoms with Crippen molar-refractivity contribution in [2.75, 3.05) is 0 Å². The molecule has 0 fully saturated rings. The number of nitro benzene ring substituents is 1. The normalized spacial score (nSPS) is 9.96. The zero-order valence-corrected chi connectivity index (χ0v) is 13.5. The Morgan fingerprint density at radius 3 is 2.52 bits per heavy atom. The molecule has 0 spiro atoms. The van der Waals surface area contributed by atoms with Crippen molar-refractivity contribution in [1.29, 1.82) is 0 Å². The predicted molar refractivity (Wildman–Crippen MR) is 91.3 cm³/mol. The number of nitrogens with one attached hydrogen (secondary N) is 1. The van der Waals surface area contributed by atoms with Gasteiger partial charge in [-0.2, -0.15) is 0 Å². The van der Waals surface area contributed by atoms with Gasteiger partial charge >= 0.3 is 11.7 Å². The van der Waals surface area contributed by atoms with E-state index in [1.807, 2.05) is 0 Å². The van der Waals surface area contributed by atoms with Gasteiger partial charge in [0.1, 0.15) is 0 Å². The first-order valence-electron chi connectivity index (χ1n) is 7.37. The number of nitro groups is 1. The Hall–Kier alpha value is -3.48. The fraction of sp³-hybridized carbons (Fsp3) is 0.111. The molecule has 2 aromatic carbocycles. The van der Waals surface area contributed by atoms with Crippen LogP contribution < -0.4 is 10.1 Å². The largest absolute Gasteiger partial charge is 0.416 e. The molecule has 0 aliphatic rings. The van der Waals surface area contributed by atoms with Gasteiger partial charge in [0, 0.05) is 12.6 Å². The van der Waals surface area contributed by atoms with Crippen molar-refractivity contribution in [3.8, 4) is 5.75 Å². The maximum absolute atomic E-state index is 12.2. The van der Waals surface area contributed by atoms with Crippen LogP contribution in [0.25, 0.3) is 0 Å². The number of hydrogen-bond acceptors (Lipinski definition) is 5. The van der Waals surface area contributed by atoms with E-state index in [0.717, 1.165) is 5.56 Å². The van der Waals surface area contributed by atoms with Crippen LogP contribution in [0, 0.1) is 17.0 Å². The average molecular weight is 340 g/mol. The topological polar surface area (TPSA) is 98.5 Å². The fourth-order valence-electron chi connectivity index (χ4n) is 2.04. The van der Waals surface area contributed by atoms with Crippen LogP contribution in [0.2, 0.25) is 0 Å². The van der Waals surface area contributed by atoms with Crippen molar-refractivity contribution in [2.24, 2.45) is 0 Å². The second-order valence-corrected chi connectivity index (χ2v) is 5.24. The quantitative estimate of drug-likeness (QED) is 0.287. The molecule has 0 aliphatic heterocycles. The first-order valence-corrected chi connectivity index (χ1v) is 7.37. The summed E-state index contributed by atoms with van der Waals surface area (Å²) in [5, 5.41) is 13.7. The third kappa shape index (κ3) is 4.74. The summed E-state index contributed by atoms with van der Waals surface area (Å²) in [5.41, 5.74) is 1.45. The van der Waals surface area contributed by atoms with E-state index in [2.05, 4.69) is 11.9 Å². The van der Waals surface area contributed by atoms with Gasteiger partial charge in [-0.25, -0.2) is 4.79 Å². The minimum atomic E-state index is -0.700. The van der Waals surface area contributed by atoms with Gasteiger partial charge in [-0.3, -0.25) is 14.9 Å². The highest BCUT2D eigenvalue weighted by Gasteiger charge is 2.19. The molecule has 2 rings (SSSR count). The highest BCUT2D eigenvalue weighted by atomic mass is 16.6. The van der Waals surface area contributed by atoms with Crippen molar-refractivity contribution in [2.45, 2.75) is 13.5 Å². The SMILES string of the molecule is C=CC(=O)NCc1ccc(C(=O)Oc2ccc(C)cc2[N+](=O)[O-])cc1. The van der Waals surface area contributed by atoms with Crippen molar-refractivity contribution in [3.05, 3.63) is 81.9 Å². The van der Waals surface area contributed by atoms with Gasteiger partial charge in [0.15, 0.2) is 0 Å². The van der Waals surface area contributed by atoms with Crippen LogP contribution in [0.15, 0.2) is 55.1 Å². The predicted octanol–water partition coefficient (Wildman–Crippen LogP) is 2.92. The van der Waals surface area contributed by atoms with Crippen molar-refractivity contribution >= 4 is 17.6 Å². The molecule has 0 aliphatic carbocycles. The van der Waals surface area contributed by atoms with E-state index < -0.39 is 10.9 Å². The second-order valence-electron chi connectivity index (χ2n) is 5.24. The number of aryl methyl sites for hydroxylation is 1. The number of benzene rings is 2. The highest BCUT2D eigenvalue weighted by molar-refractivity contribution is 5.91. The molecule has 0 atom stereocenters. The minimum Gasteiger partial charge on any atom is -0.416 e. The van der Waals surface area contributed by atoms with E-state index >= 15 is 0 Å². The van der Waals surface area contributed by atoms with Crippen LogP contribution in [0.3, 0.4) is 0 Å². The molecular weight excluding hydrogens is 324 g/mol. The molecule has 1 N–H and O–H groups in total. The summed E-state index contributed by atoms with van der Waals surface area (Å²) in [5.74, 6) is -1.10. The van der Waals surface area contributed by atoms with E-state index in [9.17, 15) is 19.7 Å². The Kier molecular flexibility index (Phi) is 5.62. The van der Waals surface area contributed by atoms with Crippen LogP contribution in [0.4, 0.5) is 5.69 Å². The van der Waals surface area contributed by atoms with Gasteiger partial charge in [-0.05, 0) is 42.3 Å². The number of ether oxygens (including phenoxy) is 1. The van der Waals surface area contributed by atoms with Crippen molar-refractivity contribution in [1.82, 2.24) is 5.32 Å². The summed E-state index contributed by atoms with van der Waals surface area (Å²) in [6.45, 7) is 5.36. The molecule has 0 bridgehead atoms. The lowest BCUT2D eigenvalue weighted by atomic mass is 10.1. The summed E-state index contributed by atoms with van der Waals surface area (Å²) in [7, 11) is 0. The maximum atomic E-state index is 12.2. The molecule has 0 saturated carbocycles. The van der Waals surface area contributed by atoms with Crippen molar-refractivity contribution < 1.29 is 19.2 Å². The Morgan fingerprint density at radius 2 is 1.92 bits per heavy atom. The van der Waals surface area contributed by atoms with Crippen LogP contribution in [-0.4, -0.2) is 16.8 Å². The Balaban J connectivity index is 2.10. The first-order chi connectivity index (χ1) is 11.9. The molecule has 128 valence electrons. The summed E-state index contributed by atoms with van der Waals surface area (Å²) in [6, 6.07) is 10.7. The fourth-order valence-corrected chi connectivity index (χ4v) is 2.04. The molecule has 0 unspecified atom stereocenters. The van der Waals surface area contributed by atoms with Crippen LogP contribution in [-0.2, 0) is 11.3 Å². The molecule has 0 heterocycles. The monoisotopic (exact) mass is 340 g/mol.